The molecule has 4 aromatic carbocycles. The summed E-state index contributed by atoms with van der Waals surface area (Å²) in [5, 5.41) is 24.2. The molecule has 0 spiro atoms. The Kier molecular flexibility index (Phi) is 7.46. The normalized spacial score (nSPS) is 13.4. The molecule has 0 aliphatic rings. The van der Waals surface area contributed by atoms with Gasteiger partial charge in [-0.2, -0.15) is 18.4 Å². The summed E-state index contributed by atoms with van der Waals surface area (Å²) in [5.41, 5.74) is -4.63. The first-order chi connectivity index (χ1) is 18.3. The van der Waals surface area contributed by atoms with E-state index in [0.717, 1.165) is 41.8 Å². The van der Waals surface area contributed by atoms with Crippen LogP contribution in [0, 0.1) is 17.1 Å². The quantitative estimate of drug-likeness (QED) is 0.239. The van der Waals surface area contributed by atoms with Crippen LogP contribution in [0.2, 0.25) is 0 Å². The summed E-state index contributed by atoms with van der Waals surface area (Å²) < 4.78 is 80.1. The van der Waals surface area contributed by atoms with Crippen LogP contribution in [0.5, 0.6) is 0 Å². The van der Waals surface area contributed by atoms with Crippen molar-refractivity contribution in [2.45, 2.75) is 23.1 Å². The molecule has 0 aliphatic carbocycles. The maximum Gasteiger partial charge on any atom is 0.417 e. The number of halogens is 4. The van der Waals surface area contributed by atoms with Gasteiger partial charge in [-0.15, -0.1) is 0 Å². The van der Waals surface area contributed by atoms with Crippen LogP contribution in [0.4, 0.5) is 23.2 Å². The highest BCUT2D eigenvalue weighted by Gasteiger charge is 2.42. The van der Waals surface area contributed by atoms with Crippen molar-refractivity contribution in [3.05, 3.63) is 107 Å². The third kappa shape index (κ3) is 6.08. The molecule has 0 aromatic heterocycles. The number of aliphatic hydroxyl groups is 1. The van der Waals surface area contributed by atoms with E-state index in [-0.39, 0.29) is 4.90 Å². The van der Waals surface area contributed by atoms with Crippen molar-refractivity contribution in [1.29, 1.82) is 5.26 Å². The van der Waals surface area contributed by atoms with E-state index in [1.54, 1.807) is 42.5 Å². The van der Waals surface area contributed by atoms with Crippen LogP contribution >= 0.6 is 0 Å². The van der Waals surface area contributed by atoms with Crippen molar-refractivity contribution in [2.24, 2.45) is 0 Å². The van der Waals surface area contributed by atoms with Gasteiger partial charge in [-0.1, -0.05) is 42.5 Å². The summed E-state index contributed by atoms with van der Waals surface area (Å²) >= 11 is 0. The number of nitrogens with zero attached hydrogens (tertiary/aromatic N) is 1. The Labute approximate surface area is 221 Å². The average Bonchev–Trinajstić information content (AvgIpc) is 2.88. The van der Waals surface area contributed by atoms with Crippen molar-refractivity contribution >= 4 is 32.2 Å². The number of hydrogen-bond donors (Lipinski definition) is 2. The molecule has 0 radical (unpaired) electrons. The molecular weight excluding hydrogens is 536 g/mol. The number of sulfone groups is 1. The van der Waals surface area contributed by atoms with Gasteiger partial charge < -0.3 is 10.4 Å². The van der Waals surface area contributed by atoms with Crippen LogP contribution in [0.1, 0.15) is 16.7 Å². The van der Waals surface area contributed by atoms with Crippen LogP contribution in [-0.4, -0.2) is 30.8 Å². The number of anilines is 1. The summed E-state index contributed by atoms with van der Waals surface area (Å²) in [5.74, 6) is -3.12. The van der Waals surface area contributed by atoms with Crippen LogP contribution in [0.15, 0.2) is 89.8 Å². The molecule has 0 aliphatic heterocycles. The van der Waals surface area contributed by atoms with E-state index < -0.39 is 62.3 Å². The van der Waals surface area contributed by atoms with Crippen LogP contribution < -0.4 is 5.32 Å². The highest BCUT2D eigenvalue weighted by atomic mass is 32.2. The SMILES string of the molecule is N#Cc1ccc(NC(=O)C(O)(Cc2cccc3ccccc23)CS(=O)(=O)c2ccc(F)cc2)cc1C(F)(F)F. The first-order valence-electron chi connectivity index (χ1n) is 11.4. The minimum atomic E-state index is -4.91. The Morgan fingerprint density at radius 3 is 2.28 bits per heavy atom. The number of alkyl halides is 3. The van der Waals surface area contributed by atoms with Gasteiger partial charge in [-0.05, 0) is 58.8 Å². The predicted molar refractivity (Wildman–Crippen MR) is 136 cm³/mol. The zero-order chi connectivity index (χ0) is 28.4. The van der Waals surface area contributed by atoms with Crippen LogP contribution in [0.25, 0.3) is 10.8 Å². The number of nitriles is 1. The zero-order valence-electron chi connectivity index (χ0n) is 20.0. The van der Waals surface area contributed by atoms with Crippen molar-refractivity contribution in [3.8, 4) is 6.07 Å². The topological polar surface area (TPSA) is 107 Å². The summed E-state index contributed by atoms with van der Waals surface area (Å²) in [7, 11) is -4.39. The van der Waals surface area contributed by atoms with Crippen molar-refractivity contribution in [2.75, 3.05) is 11.1 Å². The van der Waals surface area contributed by atoms with E-state index in [1.165, 1.54) is 6.07 Å². The number of hydrogen-bond acceptors (Lipinski definition) is 5. The standard InChI is InChI=1S/C28H20F4N2O4S/c29-21-9-12-23(13-10-21)39(37,38)17-27(36,15-19-6-3-5-18-4-1-2-7-24(18)19)26(35)34-22-11-8-20(16-33)25(14-22)28(30,31)32/h1-14,36H,15,17H2,(H,34,35). The number of benzene rings is 4. The van der Waals surface area contributed by atoms with E-state index in [0.29, 0.717) is 17.0 Å². The molecule has 0 fully saturated rings. The number of carbonyl (C=O) groups is 1. The number of rotatable bonds is 7. The monoisotopic (exact) mass is 556 g/mol. The zero-order valence-corrected chi connectivity index (χ0v) is 20.9. The first kappa shape index (κ1) is 27.8. The molecule has 1 atom stereocenters. The molecule has 4 rings (SSSR count). The molecule has 4 aromatic rings. The van der Waals surface area contributed by atoms with Crippen LogP contribution in [-0.2, 0) is 27.2 Å². The summed E-state index contributed by atoms with van der Waals surface area (Å²) in [4.78, 5) is 13.1. The Hall–Kier alpha value is -4.27. The molecule has 2 N–H and O–H groups in total. The third-order valence-corrected chi connectivity index (χ3v) is 7.94. The summed E-state index contributed by atoms with van der Waals surface area (Å²) in [6.07, 6.45) is -5.42. The Balaban J connectivity index is 1.76. The summed E-state index contributed by atoms with van der Waals surface area (Å²) in [6.45, 7) is 0. The molecule has 1 unspecified atom stereocenters. The van der Waals surface area contributed by atoms with Crippen molar-refractivity contribution in [3.63, 3.8) is 0 Å². The molecule has 200 valence electrons. The highest BCUT2D eigenvalue weighted by molar-refractivity contribution is 7.91. The molecule has 0 bridgehead atoms. The van der Waals surface area contributed by atoms with Gasteiger partial charge in [-0.3, -0.25) is 4.79 Å². The van der Waals surface area contributed by atoms with E-state index in [2.05, 4.69) is 5.32 Å². The highest BCUT2D eigenvalue weighted by Crippen LogP contribution is 2.34. The molecule has 1 amide bonds. The van der Waals surface area contributed by atoms with Gasteiger partial charge in [0, 0.05) is 12.1 Å². The van der Waals surface area contributed by atoms with E-state index in [4.69, 9.17) is 5.26 Å². The van der Waals surface area contributed by atoms with E-state index >= 15 is 0 Å². The lowest BCUT2D eigenvalue weighted by molar-refractivity contribution is -0.138. The van der Waals surface area contributed by atoms with Gasteiger partial charge >= 0.3 is 6.18 Å². The second-order valence-electron chi connectivity index (χ2n) is 8.88. The average molecular weight is 557 g/mol. The molecule has 0 saturated carbocycles. The Morgan fingerprint density at radius 1 is 0.949 bits per heavy atom. The van der Waals surface area contributed by atoms with Gasteiger partial charge in [-0.25, -0.2) is 12.8 Å². The minimum absolute atomic E-state index is 0.356. The van der Waals surface area contributed by atoms with Gasteiger partial charge in [0.2, 0.25) is 0 Å². The second-order valence-corrected chi connectivity index (χ2v) is 10.9. The molecule has 0 saturated heterocycles. The largest absolute Gasteiger partial charge is 0.417 e. The van der Waals surface area contributed by atoms with Gasteiger partial charge in [0.25, 0.3) is 5.91 Å². The van der Waals surface area contributed by atoms with E-state index in [1.807, 2.05) is 0 Å². The number of amides is 1. The molecule has 6 nitrogen and oxygen atoms in total. The van der Waals surface area contributed by atoms with Gasteiger partial charge in [0.15, 0.2) is 15.4 Å². The maximum absolute atomic E-state index is 13.4. The lowest BCUT2D eigenvalue weighted by Gasteiger charge is -2.28. The first-order valence-corrected chi connectivity index (χ1v) is 13.1. The predicted octanol–water partition coefficient (Wildman–Crippen LogP) is 5.26. The fourth-order valence-corrected chi connectivity index (χ4v) is 5.78. The maximum atomic E-state index is 13.4. The lowest BCUT2D eigenvalue weighted by Crippen LogP contribution is -2.50. The second kappa shape index (κ2) is 10.5. The van der Waals surface area contributed by atoms with Crippen molar-refractivity contribution in [1.82, 2.24) is 0 Å². The molecule has 0 heterocycles. The smallest absolute Gasteiger partial charge is 0.379 e. The van der Waals surface area contributed by atoms with Gasteiger partial charge in [0.05, 0.1) is 27.8 Å². The molecular formula is C28H20F4N2O4S. The number of carbonyl (C=O) groups excluding carboxylic acids is 1. The third-order valence-electron chi connectivity index (χ3n) is 6.09. The number of nitrogens with one attached hydrogen (secondary N) is 1. The molecule has 11 heteroatoms. The van der Waals surface area contributed by atoms with Crippen LogP contribution in [0.3, 0.4) is 0 Å². The fraction of sp³-hybridized carbons (Fsp3) is 0.143. The summed E-state index contributed by atoms with van der Waals surface area (Å²) in [6, 6.07) is 19.7. The minimum Gasteiger partial charge on any atom is -0.379 e. The Bertz CT molecular complexity index is 1690. The Morgan fingerprint density at radius 2 is 1.62 bits per heavy atom. The van der Waals surface area contributed by atoms with E-state index in [9.17, 15) is 35.9 Å². The van der Waals surface area contributed by atoms with Crippen molar-refractivity contribution < 1.29 is 35.9 Å². The molecule has 39 heavy (non-hydrogen) atoms. The van der Waals surface area contributed by atoms with Gasteiger partial charge in [0.1, 0.15) is 5.82 Å². The fourth-order valence-electron chi connectivity index (χ4n) is 4.20. The number of fused-ring (bicyclic) bond motifs is 1. The lowest BCUT2D eigenvalue weighted by atomic mass is 9.91.